The van der Waals surface area contributed by atoms with Gasteiger partial charge in [-0.05, 0) is 26.3 Å². The third kappa shape index (κ3) is 3.06. The monoisotopic (exact) mass is 224 g/mol. The standard InChI is InChI=1S/C11H20N4O/c1-4-9-6-10(15(5-2)14-9)11(16)13-7-8(3)12/h6,8H,4-5,7,12H2,1-3H3,(H,13,16). The fourth-order valence-electron chi connectivity index (χ4n) is 1.41. The van der Waals surface area contributed by atoms with E-state index in [9.17, 15) is 4.79 Å². The molecule has 3 N–H and O–H groups in total. The molecule has 1 heterocycles. The van der Waals surface area contributed by atoms with E-state index in [2.05, 4.69) is 10.4 Å². The average molecular weight is 224 g/mol. The van der Waals surface area contributed by atoms with E-state index in [4.69, 9.17) is 5.73 Å². The Bertz CT molecular complexity index is 357. The number of nitrogens with zero attached hydrogens (tertiary/aromatic N) is 2. The summed E-state index contributed by atoms with van der Waals surface area (Å²) in [5.74, 6) is -0.105. The molecule has 5 heteroatoms. The summed E-state index contributed by atoms with van der Waals surface area (Å²) >= 11 is 0. The summed E-state index contributed by atoms with van der Waals surface area (Å²) in [5, 5.41) is 7.11. The first-order chi connectivity index (χ1) is 7.58. The molecule has 1 unspecified atom stereocenters. The highest BCUT2D eigenvalue weighted by atomic mass is 16.2. The lowest BCUT2D eigenvalue weighted by atomic mass is 10.3. The van der Waals surface area contributed by atoms with Gasteiger partial charge in [-0.3, -0.25) is 9.48 Å². The molecule has 0 saturated carbocycles. The van der Waals surface area contributed by atoms with Crippen molar-refractivity contribution in [2.24, 2.45) is 5.73 Å². The molecule has 16 heavy (non-hydrogen) atoms. The quantitative estimate of drug-likeness (QED) is 0.766. The van der Waals surface area contributed by atoms with Crippen molar-refractivity contribution in [1.82, 2.24) is 15.1 Å². The highest BCUT2D eigenvalue weighted by Crippen LogP contribution is 2.05. The van der Waals surface area contributed by atoms with Crippen molar-refractivity contribution in [2.75, 3.05) is 6.54 Å². The van der Waals surface area contributed by atoms with Crippen LogP contribution < -0.4 is 11.1 Å². The summed E-state index contributed by atoms with van der Waals surface area (Å²) in [6.45, 7) is 7.02. The summed E-state index contributed by atoms with van der Waals surface area (Å²) in [6, 6.07) is 1.80. The average Bonchev–Trinajstić information content (AvgIpc) is 2.68. The van der Waals surface area contributed by atoms with Crippen LogP contribution in [0.5, 0.6) is 0 Å². The van der Waals surface area contributed by atoms with E-state index in [1.165, 1.54) is 0 Å². The van der Waals surface area contributed by atoms with Crippen LogP contribution in [-0.4, -0.2) is 28.3 Å². The number of carbonyl (C=O) groups excluding carboxylic acids is 1. The molecule has 1 amide bonds. The van der Waals surface area contributed by atoms with Crippen LogP contribution in [0.1, 0.15) is 37.0 Å². The first kappa shape index (κ1) is 12.7. The Balaban J connectivity index is 2.77. The Kier molecular flexibility index (Phi) is 4.49. The molecule has 0 aromatic carbocycles. The Labute approximate surface area is 96.0 Å². The zero-order valence-corrected chi connectivity index (χ0v) is 10.2. The third-order valence-corrected chi connectivity index (χ3v) is 2.31. The zero-order valence-electron chi connectivity index (χ0n) is 10.2. The number of nitrogens with two attached hydrogens (primary N) is 1. The van der Waals surface area contributed by atoms with Gasteiger partial charge in [-0.1, -0.05) is 6.92 Å². The Hall–Kier alpha value is -1.36. The molecule has 0 aliphatic heterocycles. The Morgan fingerprint density at radius 2 is 2.31 bits per heavy atom. The first-order valence-electron chi connectivity index (χ1n) is 5.69. The minimum Gasteiger partial charge on any atom is -0.349 e. The zero-order chi connectivity index (χ0) is 12.1. The van der Waals surface area contributed by atoms with Crippen molar-refractivity contribution < 1.29 is 4.79 Å². The molecule has 1 aromatic rings. The van der Waals surface area contributed by atoms with Crippen LogP contribution in [0.4, 0.5) is 0 Å². The van der Waals surface area contributed by atoms with Gasteiger partial charge in [-0.15, -0.1) is 0 Å². The molecule has 1 atom stereocenters. The summed E-state index contributed by atoms with van der Waals surface area (Å²) in [5.41, 5.74) is 7.13. The van der Waals surface area contributed by atoms with Crippen molar-refractivity contribution in [3.8, 4) is 0 Å². The Morgan fingerprint density at radius 3 is 2.81 bits per heavy atom. The molecule has 1 rings (SSSR count). The molecule has 0 saturated heterocycles. The van der Waals surface area contributed by atoms with Crippen molar-refractivity contribution in [3.63, 3.8) is 0 Å². The fraction of sp³-hybridized carbons (Fsp3) is 0.636. The molecule has 1 aromatic heterocycles. The van der Waals surface area contributed by atoms with Crippen molar-refractivity contribution in [2.45, 2.75) is 39.8 Å². The second-order valence-electron chi connectivity index (χ2n) is 3.88. The van der Waals surface area contributed by atoms with Gasteiger partial charge in [0, 0.05) is 19.1 Å². The maximum Gasteiger partial charge on any atom is 0.269 e. The third-order valence-electron chi connectivity index (χ3n) is 2.31. The number of nitrogens with one attached hydrogen (secondary N) is 1. The van der Waals surface area contributed by atoms with E-state index in [-0.39, 0.29) is 11.9 Å². The number of aryl methyl sites for hydroxylation is 2. The van der Waals surface area contributed by atoms with Gasteiger partial charge in [0.05, 0.1) is 5.69 Å². The Morgan fingerprint density at radius 1 is 1.62 bits per heavy atom. The lowest BCUT2D eigenvalue weighted by molar-refractivity contribution is 0.0941. The number of hydrogen-bond donors (Lipinski definition) is 2. The van der Waals surface area contributed by atoms with E-state index in [1.807, 2.05) is 26.8 Å². The minimum absolute atomic E-state index is 0.0346. The van der Waals surface area contributed by atoms with Gasteiger partial charge in [-0.2, -0.15) is 5.10 Å². The highest BCUT2D eigenvalue weighted by Gasteiger charge is 2.13. The predicted molar refractivity (Wildman–Crippen MR) is 63.3 cm³/mol. The van der Waals surface area contributed by atoms with Gasteiger partial charge >= 0.3 is 0 Å². The van der Waals surface area contributed by atoms with Crippen molar-refractivity contribution >= 4 is 5.91 Å². The molecule has 90 valence electrons. The van der Waals surface area contributed by atoms with Crippen LogP contribution in [0.2, 0.25) is 0 Å². The van der Waals surface area contributed by atoms with Crippen LogP contribution in [0.25, 0.3) is 0 Å². The normalized spacial score (nSPS) is 12.5. The predicted octanol–water partition coefficient (Wildman–Crippen LogP) is 0.542. The fourth-order valence-corrected chi connectivity index (χ4v) is 1.41. The van der Waals surface area contributed by atoms with Gasteiger partial charge in [0.15, 0.2) is 0 Å². The summed E-state index contributed by atoms with van der Waals surface area (Å²) < 4.78 is 1.72. The summed E-state index contributed by atoms with van der Waals surface area (Å²) in [6.07, 6.45) is 0.834. The van der Waals surface area contributed by atoms with E-state index < -0.39 is 0 Å². The smallest absolute Gasteiger partial charge is 0.269 e. The molecule has 0 aliphatic rings. The van der Waals surface area contributed by atoms with E-state index in [1.54, 1.807) is 4.68 Å². The topological polar surface area (TPSA) is 72.9 Å². The van der Waals surface area contributed by atoms with Gasteiger partial charge in [0.25, 0.3) is 5.91 Å². The second-order valence-corrected chi connectivity index (χ2v) is 3.88. The number of carbonyl (C=O) groups is 1. The number of hydrogen-bond acceptors (Lipinski definition) is 3. The molecular weight excluding hydrogens is 204 g/mol. The van der Waals surface area contributed by atoms with Crippen LogP contribution in [0, 0.1) is 0 Å². The number of amides is 1. The van der Waals surface area contributed by atoms with Crippen LogP contribution in [-0.2, 0) is 13.0 Å². The van der Waals surface area contributed by atoms with Gasteiger partial charge < -0.3 is 11.1 Å². The van der Waals surface area contributed by atoms with Crippen LogP contribution >= 0.6 is 0 Å². The van der Waals surface area contributed by atoms with Crippen molar-refractivity contribution in [3.05, 3.63) is 17.5 Å². The van der Waals surface area contributed by atoms with Gasteiger partial charge in [0.1, 0.15) is 5.69 Å². The first-order valence-corrected chi connectivity index (χ1v) is 5.69. The molecule has 5 nitrogen and oxygen atoms in total. The summed E-state index contributed by atoms with van der Waals surface area (Å²) in [4.78, 5) is 11.8. The summed E-state index contributed by atoms with van der Waals surface area (Å²) in [7, 11) is 0. The van der Waals surface area contributed by atoms with Gasteiger partial charge in [-0.25, -0.2) is 0 Å². The highest BCUT2D eigenvalue weighted by molar-refractivity contribution is 5.92. The number of aromatic nitrogens is 2. The van der Waals surface area contributed by atoms with E-state index in [0.29, 0.717) is 18.8 Å². The largest absolute Gasteiger partial charge is 0.349 e. The molecule has 0 fully saturated rings. The van der Waals surface area contributed by atoms with Gasteiger partial charge in [0.2, 0.25) is 0 Å². The van der Waals surface area contributed by atoms with E-state index in [0.717, 1.165) is 12.1 Å². The SMILES string of the molecule is CCc1cc(C(=O)NCC(C)N)n(CC)n1. The molecule has 0 aliphatic carbocycles. The molecule has 0 bridgehead atoms. The maximum atomic E-state index is 11.8. The maximum absolute atomic E-state index is 11.8. The van der Waals surface area contributed by atoms with Crippen LogP contribution in [0.15, 0.2) is 6.07 Å². The second kappa shape index (κ2) is 5.65. The van der Waals surface area contributed by atoms with E-state index >= 15 is 0 Å². The minimum atomic E-state index is -0.105. The number of rotatable bonds is 5. The molecule has 0 spiro atoms. The lowest BCUT2D eigenvalue weighted by Crippen LogP contribution is -2.36. The van der Waals surface area contributed by atoms with Crippen LogP contribution in [0.3, 0.4) is 0 Å². The molecular formula is C11H20N4O. The lowest BCUT2D eigenvalue weighted by Gasteiger charge is -2.08. The van der Waals surface area contributed by atoms with Crippen molar-refractivity contribution in [1.29, 1.82) is 0 Å². The molecule has 0 radical (unpaired) electrons.